The average Bonchev–Trinajstić information content (AvgIpc) is 2.73. The van der Waals surface area contributed by atoms with Crippen LogP contribution in [-0.4, -0.2) is 25.6 Å². The third-order valence-corrected chi connectivity index (χ3v) is 2.83. The van der Waals surface area contributed by atoms with E-state index in [4.69, 9.17) is 5.73 Å². The lowest BCUT2D eigenvalue weighted by molar-refractivity contribution is 0.0999. The van der Waals surface area contributed by atoms with Crippen LogP contribution in [0.5, 0.6) is 5.75 Å². The molecule has 96 valence electrons. The summed E-state index contributed by atoms with van der Waals surface area (Å²) < 4.78 is 1.56. The number of nitrogens with two attached hydrogens (primary N) is 1. The van der Waals surface area contributed by atoms with Crippen molar-refractivity contribution in [2.24, 2.45) is 11.7 Å². The van der Waals surface area contributed by atoms with Crippen molar-refractivity contribution in [1.82, 2.24) is 14.6 Å². The highest BCUT2D eigenvalue weighted by Gasteiger charge is 2.17. The van der Waals surface area contributed by atoms with Crippen molar-refractivity contribution in [2.45, 2.75) is 26.7 Å². The Morgan fingerprint density at radius 2 is 2.28 bits per heavy atom. The van der Waals surface area contributed by atoms with Crippen molar-refractivity contribution in [2.75, 3.05) is 0 Å². The third kappa shape index (κ3) is 2.13. The maximum Gasteiger partial charge on any atom is 0.256 e. The van der Waals surface area contributed by atoms with Crippen LogP contribution in [0.4, 0.5) is 0 Å². The number of hydrogen-bond donors (Lipinski definition) is 2. The van der Waals surface area contributed by atoms with Crippen LogP contribution in [0.2, 0.25) is 0 Å². The summed E-state index contributed by atoms with van der Waals surface area (Å²) in [4.78, 5) is 15.3. The van der Waals surface area contributed by atoms with Crippen molar-refractivity contribution in [1.29, 1.82) is 0 Å². The molecule has 2 rings (SSSR count). The van der Waals surface area contributed by atoms with Crippen molar-refractivity contribution in [3.8, 4) is 5.75 Å². The third-order valence-electron chi connectivity index (χ3n) is 2.83. The summed E-state index contributed by atoms with van der Waals surface area (Å²) in [6, 6.07) is 1.53. The molecule has 0 aliphatic heterocycles. The number of amides is 1. The Morgan fingerprint density at radius 1 is 1.56 bits per heavy atom. The van der Waals surface area contributed by atoms with Gasteiger partial charge >= 0.3 is 0 Å². The van der Waals surface area contributed by atoms with Gasteiger partial charge in [0.25, 0.3) is 5.91 Å². The fourth-order valence-corrected chi connectivity index (χ4v) is 1.88. The number of hydrogen-bond acceptors (Lipinski definition) is 4. The maximum absolute atomic E-state index is 11.3. The van der Waals surface area contributed by atoms with Gasteiger partial charge in [-0.2, -0.15) is 5.10 Å². The number of pyridine rings is 1. The summed E-state index contributed by atoms with van der Waals surface area (Å²) in [5, 5.41) is 13.9. The minimum Gasteiger partial charge on any atom is -0.507 e. The SMILES string of the molecule is CC(C)CCc1cc(O)c(C(N)=O)c2ncnn12. The van der Waals surface area contributed by atoms with Crippen LogP contribution in [-0.2, 0) is 6.42 Å². The summed E-state index contributed by atoms with van der Waals surface area (Å²) >= 11 is 0. The number of nitrogens with zero attached hydrogens (tertiary/aromatic N) is 3. The maximum atomic E-state index is 11.3. The number of aromatic nitrogens is 3. The van der Waals surface area contributed by atoms with Crippen molar-refractivity contribution in [3.63, 3.8) is 0 Å². The minimum absolute atomic E-state index is 0.0146. The zero-order valence-electron chi connectivity index (χ0n) is 10.4. The predicted octanol–water partition coefficient (Wildman–Crippen LogP) is 1.12. The zero-order chi connectivity index (χ0) is 13.3. The molecule has 0 saturated heterocycles. The molecular formula is C12H16N4O2. The van der Waals surface area contributed by atoms with Crippen LogP contribution in [0.15, 0.2) is 12.4 Å². The van der Waals surface area contributed by atoms with Crippen LogP contribution in [0.25, 0.3) is 5.65 Å². The molecule has 2 aromatic rings. The zero-order valence-corrected chi connectivity index (χ0v) is 10.4. The molecule has 18 heavy (non-hydrogen) atoms. The second kappa shape index (κ2) is 4.64. The molecule has 1 amide bonds. The fourth-order valence-electron chi connectivity index (χ4n) is 1.88. The average molecular weight is 248 g/mol. The van der Waals surface area contributed by atoms with Crippen LogP contribution >= 0.6 is 0 Å². The molecule has 0 spiro atoms. The molecule has 2 heterocycles. The first-order chi connectivity index (χ1) is 8.50. The normalized spacial score (nSPS) is 11.3. The molecule has 0 unspecified atom stereocenters. The van der Waals surface area contributed by atoms with E-state index in [1.54, 1.807) is 4.52 Å². The van der Waals surface area contributed by atoms with Crippen LogP contribution in [0.1, 0.15) is 36.3 Å². The Kier molecular flexibility index (Phi) is 3.18. The molecule has 6 nitrogen and oxygen atoms in total. The first kappa shape index (κ1) is 12.3. The smallest absolute Gasteiger partial charge is 0.256 e. The molecule has 0 aromatic carbocycles. The summed E-state index contributed by atoms with van der Waals surface area (Å²) in [6.45, 7) is 4.24. The van der Waals surface area contributed by atoms with Gasteiger partial charge in [-0.25, -0.2) is 9.50 Å². The molecule has 0 aliphatic rings. The van der Waals surface area contributed by atoms with Gasteiger partial charge in [0.2, 0.25) is 0 Å². The Morgan fingerprint density at radius 3 is 2.89 bits per heavy atom. The van der Waals surface area contributed by atoms with E-state index in [2.05, 4.69) is 23.9 Å². The first-order valence-electron chi connectivity index (χ1n) is 5.85. The van der Waals surface area contributed by atoms with Gasteiger partial charge in [0.05, 0.1) is 0 Å². The summed E-state index contributed by atoms with van der Waals surface area (Å²) in [5.41, 5.74) is 6.37. The predicted molar refractivity (Wildman–Crippen MR) is 66.3 cm³/mol. The molecule has 2 aromatic heterocycles. The van der Waals surface area contributed by atoms with Gasteiger partial charge in [-0.3, -0.25) is 4.79 Å². The second-order valence-corrected chi connectivity index (χ2v) is 4.69. The van der Waals surface area contributed by atoms with Crippen molar-refractivity contribution < 1.29 is 9.90 Å². The molecule has 0 radical (unpaired) electrons. The van der Waals surface area contributed by atoms with Crippen LogP contribution in [0, 0.1) is 5.92 Å². The van der Waals surface area contributed by atoms with E-state index in [1.807, 2.05) is 0 Å². The lowest BCUT2D eigenvalue weighted by Gasteiger charge is -2.09. The molecule has 0 saturated carbocycles. The molecule has 0 aliphatic carbocycles. The Labute approximate surface area is 104 Å². The van der Waals surface area contributed by atoms with E-state index in [0.717, 1.165) is 18.5 Å². The van der Waals surface area contributed by atoms with Crippen LogP contribution in [0.3, 0.4) is 0 Å². The Balaban J connectivity index is 2.53. The highest BCUT2D eigenvalue weighted by atomic mass is 16.3. The van der Waals surface area contributed by atoms with E-state index in [1.165, 1.54) is 12.4 Å². The molecule has 0 fully saturated rings. The van der Waals surface area contributed by atoms with Crippen LogP contribution < -0.4 is 5.73 Å². The summed E-state index contributed by atoms with van der Waals surface area (Å²) in [6.07, 6.45) is 3.06. The number of fused-ring (bicyclic) bond motifs is 1. The molecule has 0 atom stereocenters. The molecule has 6 heteroatoms. The van der Waals surface area contributed by atoms with Gasteiger partial charge in [0.15, 0.2) is 5.65 Å². The number of aromatic hydroxyl groups is 1. The number of carbonyl (C=O) groups excluding carboxylic acids is 1. The highest BCUT2D eigenvalue weighted by molar-refractivity contribution is 6.01. The van der Waals surface area contributed by atoms with Gasteiger partial charge in [0, 0.05) is 11.8 Å². The second-order valence-electron chi connectivity index (χ2n) is 4.69. The standard InChI is InChI=1S/C12H16N4O2/c1-7(2)3-4-8-5-9(17)10(11(13)18)12-14-6-15-16(8)12/h5-7,17H,3-4H2,1-2H3,(H2,13,18). The topological polar surface area (TPSA) is 93.5 Å². The number of primary amides is 1. The van der Waals surface area contributed by atoms with Gasteiger partial charge in [-0.15, -0.1) is 0 Å². The van der Waals surface area contributed by atoms with Gasteiger partial charge in [-0.1, -0.05) is 13.8 Å². The van der Waals surface area contributed by atoms with Crippen molar-refractivity contribution in [3.05, 3.63) is 23.7 Å². The Hall–Kier alpha value is -2.11. The number of aryl methyl sites for hydroxylation is 1. The Bertz CT molecular complexity index is 589. The highest BCUT2D eigenvalue weighted by Crippen LogP contribution is 2.23. The summed E-state index contributed by atoms with van der Waals surface area (Å²) in [7, 11) is 0. The van der Waals surface area contributed by atoms with Gasteiger partial charge < -0.3 is 10.8 Å². The molecule has 3 N–H and O–H groups in total. The van der Waals surface area contributed by atoms with E-state index in [0.29, 0.717) is 11.6 Å². The summed E-state index contributed by atoms with van der Waals surface area (Å²) in [5.74, 6) is -0.302. The molecular weight excluding hydrogens is 232 g/mol. The quantitative estimate of drug-likeness (QED) is 0.847. The molecule has 0 bridgehead atoms. The van der Waals surface area contributed by atoms with E-state index in [9.17, 15) is 9.90 Å². The van der Waals surface area contributed by atoms with Crippen molar-refractivity contribution >= 4 is 11.6 Å². The first-order valence-corrected chi connectivity index (χ1v) is 5.85. The lowest BCUT2D eigenvalue weighted by Crippen LogP contribution is -2.14. The number of rotatable bonds is 4. The van der Waals surface area contributed by atoms with Gasteiger partial charge in [0.1, 0.15) is 17.6 Å². The monoisotopic (exact) mass is 248 g/mol. The lowest BCUT2D eigenvalue weighted by atomic mass is 10.1. The number of carbonyl (C=O) groups is 1. The fraction of sp³-hybridized carbons (Fsp3) is 0.417. The minimum atomic E-state index is -0.707. The largest absolute Gasteiger partial charge is 0.507 e. The van der Waals surface area contributed by atoms with Gasteiger partial charge in [-0.05, 0) is 18.8 Å². The van der Waals surface area contributed by atoms with E-state index in [-0.39, 0.29) is 11.3 Å². The van der Waals surface area contributed by atoms with E-state index < -0.39 is 5.91 Å². The van der Waals surface area contributed by atoms with E-state index >= 15 is 0 Å².